The van der Waals surface area contributed by atoms with Crippen molar-refractivity contribution in [2.45, 2.75) is 32.7 Å². The normalized spacial score (nSPS) is 18.8. The van der Waals surface area contributed by atoms with Crippen LogP contribution in [0.5, 0.6) is 0 Å². The van der Waals surface area contributed by atoms with Crippen LogP contribution in [0.25, 0.3) is 11.4 Å². The second kappa shape index (κ2) is 6.91. The van der Waals surface area contributed by atoms with Gasteiger partial charge in [0, 0.05) is 30.6 Å². The van der Waals surface area contributed by atoms with Crippen LogP contribution in [0.1, 0.15) is 36.0 Å². The van der Waals surface area contributed by atoms with Gasteiger partial charge in [0.1, 0.15) is 0 Å². The van der Waals surface area contributed by atoms with E-state index >= 15 is 0 Å². The molecule has 1 unspecified atom stereocenters. The average Bonchev–Trinajstić information content (AvgIpc) is 3.01. The van der Waals surface area contributed by atoms with Crippen LogP contribution >= 0.6 is 0 Å². The van der Waals surface area contributed by atoms with E-state index in [1.165, 1.54) is 0 Å². The number of amides is 1. The first-order valence-electron chi connectivity index (χ1n) is 8.09. The third-order valence-corrected chi connectivity index (χ3v) is 4.22. The molecule has 0 aliphatic carbocycles. The van der Waals surface area contributed by atoms with Crippen molar-refractivity contribution in [1.82, 2.24) is 20.4 Å². The molecule has 1 aromatic heterocycles. The highest BCUT2D eigenvalue weighted by Gasteiger charge is 2.20. The summed E-state index contributed by atoms with van der Waals surface area (Å²) in [6.07, 6.45) is 2.18. The Morgan fingerprint density at radius 1 is 1.39 bits per heavy atom. The molecule has 0 bridgehead atoms. The van der Waals surface area contributed by atoms with Gasteiger partial charge >= 0.3 is 0 Å². The number of hydrogen-bond acceptors (Lipinski definition) is 5. The van der Waals surface area contributed by atoms with Crippen molar-refractivity contribution in [2.75, 3.05) is 19.6 Å². The van der Waals surface area contributed by atoms with Crippen molar-refractivity contribution in [1.29, 1.82) is 0 Å². The molecule has 0 radical (unpaired) electrons. The molecular formula is C17H22N4O2. The van der Waals surface area contributed by atoms with Gasteiger partial charge in [0.2, 0.25) is 11.7 Å². The van der Waals surface area contributed by atoms with Gasteiger partial charge in [0.25, 0.3) is 5.91 Å². The number of likely N-dealkylation sites (N-methyl/N-ethyl adjacent to an activating group) is 1. The van der Waals surface area contributed by atoms with Crippen molar-refractivity contribution >= 4 is 5.91 Å². The minimum Gasteiger partial charge on any atom is -0.348 e. The summed E-state index contributed by atoms with van der Waals surface area (Å²) >= 11 is 0. The average molecular weight is 314 g/mol. The number of aryl methyl sites for hydroxylation is 1. The van der Waals surface area contributed by atoms with Crippen LogP contribution in [0.4, 0.5) is 0 Å². The van der Waals surface area contributed by atoms with Gasteiger partial charge in [-0.05, 0) is 38.1 Å². The Labute approximate surface area is 135 Å². The highest BCUT2D eigenvalue weighted by molar-refractivity contribution is 5.94. The lowest BCUT2D eigenvalue weighted by atomic mass is 10.0. The third kappa shape index (κ3) is 3.76. The van der Waals surface area contributed by atoms with Crippen LogP contribution in [-0.2, 0) is 0 Å². The van der Waals surface area contributed by atoms with E-state index in [1.807, 2.05) is 12.1 Å². The molecule has 1 saturated heterocycles. The molecule has 0 saturated carbocycles. The standard InChI is InChI=1S/C17H22N4O2/c1-3-21-10-4-5-15(11-21)19-17(22)14-8-6-13(7-9-14)16-18-12(2)23-20-16/h6-9,15H,3-5,10-11H2,1-2H3,(H,19,22). The number of piperidine rings is 1. The molecule has 1 N–H and O–H groups in total. The fourth-order valence-electron chi connectivity index (χ4n) is 2.92. The van der Waals surface area contributed by atoms with Crippen molar-refractivity contribution < 1.29 is 9.32 Å². The summed E-state index contributed by atoms with van der Waals surface area (Å²) in [5.74, 6) is 1.05. The van der Waals surface area contributed by atoms with Crippen LogP contribution in [0.15, 0.2) is 28.8 Å². The van der Waals surface area contributed by atoms with Crippen molar-refractivity contribution in [3.63, 3.8) is 0 Å². The summed E-state index contributed by atoms with van der Waals surface area (Å²) in [5.41, 5.74) is 1.50. The summed E-state index contributed by atoms with van der Waals surface area (Å²) in [6.45, 7) is 7.00. The number of carbonyl (C=O) groups is 1. The smallest absolute Gasteiger partial charge is 0.251 e. The van der Waals surface area contributed by atoms with E-state index < -0.39 is 0 Å². The molecule has 1 atom stereocenters. The molecule has 6 nitrogen and oxygen atoms in total. The van der Waals surface area contributed by atoms with Crippen LogP contribution < -0.4 is 5.32 Å². The van der Waals surface area contributed by atoms with E-state index in [2.05, 4.69) is 27.3 Å². The minimum atomic E-state index is -0.0243. The zero-order chi connectivity index (χ0) is 16.2. The lowest BCUT2D eigenvalue weighted by Crippen LogP contribution is -2.47. The van der Waals surface area contributed by atoms with Crippen LogP contribution in [-0.4, -0.2) is 46.6 Å². The second-order valence-corrected chi connectivity index (χ2v) is 5.92. The maximum Gasteiger partial charge on any atom is 0.251 e. The third-order valence-electron chi connectivity index (χ3n) is 4.22. The first-order valence-corrected chi connectivity index (χ1v) is 8.09. The number of likely N-dealkylation sites (tertiary alicyclic amines) is 1. The molecule has 2 heterocycles. The molecule has 1 aromatic carbocycles. The van der Waals surface area contributed by atoms with Crippen LogP contribution in [0, 0.1) is 6.92 Å². The maximum absolute atomic E-state index is 12.4. The molecule has 6 heteroatoms. The Hall–Kier alpha value is -2.21. The van der Waals surface area contributed by atoms with Crippen molar-refractivity contribution in [3.8, 4) is 11.4 Å². The Kier molecular flexibility index (Phi) is 4.71. The van der Waals surface area contributed by atoms with Gasteiger partial charge in [-0.1, -0.05) is 24.2 Å². The summed E-state index contributed by atoms with van der Waals surface area (Å²) in [7, 11) is 0. The molecule has 1 aliphatic heterocycles. The molecule has 1 amide bonds. The number of rotatable bonds is 4. The van der Waals surface area contributed by atoms with Crippen molar-refractivity contribution in [2.24, 2.45) is 0 Å². The zero-order valence-electron chi connectivity index (χ0n) is 13.6. The number of aromatic nitrogens is 2. The number of nitrogens with zero attached hydrogens (tertiary/aromatic N) is 3. The Bertz CT molecular complexity index is 665. The van der Waals surface area contributed by atoms with Gasteiger partial charge in [-0.2, -0.15) is 4.98 Å². The number of hydrogen-bond donors (Lipinski definition) is 1. The summed E-state index contributed by atoms with van der Waals surface area (Å²) in [5, 5.41) is 7.01. The predicted octanol–water partition coefficient (Wildman–Crippen LogP) is 2.26. The quantitative estimate of drug-likeness (QED) is 0.937. The van der Waals surface area contributed by atoms with Crippen LogP contribution in [0.3, 0.4) is 0 Å². The van der Waals surface area contributed by atoms with Gasteiger partial charge in [0.15, 0.2) is 0 Å². The van der Waals surface area contributed by atoms with E-state index in [0.717, 1.165) is 38.0 Å². The topological polar surface area (TPSA) is 71.3 Å². The molecule has 23 heavy (non-hydrogen) atoms. The number of nitrogens with one attached hydrogen (secondary N) is 1. The van der Waals surface area contributed by atoms with Gasteiger partial charge in [-0.25, -0.2) is 0 Å². The van der Waals surface area contributed by atoms with E-state index in [9.17, 15) is 4.79 Å². The lowest BCUT2D eigenvalue weighted by Gasteiger charge is -2.32. The molecule has 3 rings (SSSR count). The number of carbonyl (C=O) groups excluding carboxylic acids is 1. The fourth-order valence-corrected chi connectivity index (χ4v) is 2.92. The minimum absolute atomic E-state index is 0.0243. The second-order valence-electron chi connectivity index (χ2n) is 5.92. The highest BCUT2D eigenvalue weighted by atomic mass is 16.5. The van der Waals surface area contributed by atoms with E-state index in [1.54, 1.807) is 19.1 Å². The summed E-state index contributed by atoms with van der Waals surface area (Å²) in [6, 6.07) is 7.53. The molecule has 122 valence electrons. The Morgan fingerprint density at radius 3 is 2.83 bits per heavy atom. The molecule has 1 fully saturated rings. The van der Waals surface area contributed by atoms with E-state index in [4.69, 9.17) is 4.52 Å². The van der Waals surface area contributed by atoms with Gasteiger partial charge < -0.3 is 14.7 Å². The van der Waals surface area contributed by atoms with E-state index in [-0.39, 0.29) is 11.9 Å². The summed E-state index contributed by atoms with van der Waals surface area (Å²) in [4.78, 5) is 18.9. The Morgan fingerprint density at radius 2 is 2.17 bits per heavy atom. The van der Waals surface area contributed by atoms with Gasteiger partial charge in [-0.3, -0.25) is 4.79 Å². The molecule has 0 spiro atoms. The van der Waals surface area contributed by atoms with Crippen molar-refractivity contribution in [3.05, 3.63) is 35.7 Å². The fraction of sp³-hybridized carbons (Fsp3) is 0.471. The van der Waals surface area contributed by atoms with E-state index in [0.29, 0.717) is 17.3 Å². The SMILES string of the molecule is CCN1CCCC(NC(=O)c2ccc(-c3noc(C)n3)cc2)C1. The first kappa shape index (κ1) is 15.7. The van der Waals surface area contributed by atoms with Crippen LogP contribution in [0.2, 0.25) is 0 Å². The monoisotopic (exact) mass is 314 g/mol. The molecule has 2 aromatic rings. The predicted molar refractivity (Wildman–Crippen MR) is 87.1 cm³/mol. The lowest BCUT2D eigenvalue weighted by molar-refractivity contribution is 0.0906. The zero-order valence-corrected chi connectivity index (χ0v) is 13.6. The first-order chi connectivity index (χ1) is 11.2. The summed E-state index contributed by atoms with van der Waals surface area (Å²) < 4.78 is 4.97. The Balaban J connectivity index is 1.63. The van der Waals surface area contributed by atoms with Gasteiger partial charge in [0.05, 0.1) is 0 Å². The largest absolute Gasteiger partial charge is 0.348 e. The molecule has 1 aliphatic rings. The highest BCUT2D eigenvalue weighted by Crippen LogP contribution is 2.17. The maximum atomic E-state index is 12.4. The van der Waals surface area contributed by atoms with Gasteiger partial charge in [-0.15, -0.1) is 0 Å². The molecular weight excluding hydrogens is 292 g/mol. The number of benzene rings is 1.